The number of carbonyl (C=O) groups is 2. The number of hydrogen-bond donors (Lipinski definition) is 2. The second kappa shape index (κ2) is 10.2. The first-order chi connectivity index (χ1) is 13.0. The molecule has 1 fully saturated rings. The van der Waals surface area contributed by atoms with E-state index in [1.54, 1.807) is 0 Å². The van der Waals surface area contributed by atoms with E-state index in [1.165, 1.54) is 0 Å². The molecule has 0 aromatic heterocycles. The van der Waals surface area contributed by atoms with Crippen LogP contribution >= 0.6 is 12.4 Å². The van der Waals surface area contributed by atoms with Crippen molar-refractivity contribution in [2.75, 3.05) is 13.1 Å². The van der Waals surface area contributed by atoms with Gasteiger partial charge in [-0.15, -0.1) is 12.4 Å². The van der Waals surface area contributed by atoms with Crippen LogP contribution in [-0.2, 0) is 11.2 Å². The average Bonchev–Trinajstić information content (AvgIpc) is 2.69. The number of amides is 2. The molecule has 1 atom stereocenters. The van der Waals surface area contributed by atoms with Crippen LogP contribution in [0.5, 0.6) is 0 Å². The third-order valence-electron chi connectivity index (χ3n) is 5.06. The number of benzene rings is 2. The number of nitrogens with two attached hydrogens (primary N) is 1. The van der Waals surface area contributed by atoms with E-state index in [0.29, 0.717) is 25.1 Å². The van der Waals surface area contributed by atoms with Gasteiger partial charge in [0.2, 0.25) is 5.91 Å². The molecule has 0 radical (unpaired) electrons. The van der Waals surface area contributed by atoms with Crippen LogP contribution in [0.15, 0.2) is 54.6 Å². The molecule has 5 nitrogen and oxygen atoms in total. The summed E-state index contributed by atoms with van der Waals surface area (Å²) in [5.74, 6) is -0.0669. The maximum Gasteiger partial charge on any atom is 0.253 e. The summed E-state index contributed by atoms with van der Waals surface area (Å²) < 4.78 is 0. The monoisotopic (exact) mass is 401 g/mol. The lowest BCUT2D eigenvalue weighted by atomic mass is 10.0. The second-order valence-electron chi connectivity index (χ2n) is 7.24. The number of aryl methyl sites for hydroxylation is 1. The zero-order valence-electron chi connectivity index (χ0n) is 16.1. The molecule has 28 heavy (non-hydrogen) atoms. The minimum atomic E-state index is -0.556. The molecule has 0 spiro atoms. The van der Waals surface area contributed by atoms with Gasteiger partial charge in [0.05, 0.1) is 6.04 Å². The Morgan fingerprint density at radius 2 is 1.68 bits per heavy atom. The maximum absolute atomic E-state index is 12.6. The Labute approximate surface area is 172 Å². The fraction of sp³-hybridized carbons (Fsp3) is 0.364. The van der Waals surface area contributed by atoms with Crippen molar-refractivity contribution in [3.63, 3.8) is 0 Å². The molecule has 2 aromatic carbocycles. The lowest BCUT2D eigenvalue weighted by Gasteiger charge is -2.33. The van der Waals surface area contributed by atoms with E-state index in [0.717, 1.165) is 24.0 Å². The van der Waals surface area contributed by atoms with Crippen LogP contribution in [0, 0.1) is 6.92 Å². The van der Waals surface area contributed by atoms with E-state index in [9.17, 15) is 9.59 Å². The van der Waals surface area contributed by atoms with Crippen molar-refractivity contribution in [3.05, 3.63) is 71.3 Å². The number of nitrogens with zero attached hydrogens (tertiary/aromatic N) is 1. The van der Waals surface area contributed by atoms with Crippen LogP contribution < -0.4 is 11.1 Å². The Bertz CT molecular complexity index is 772. The van der Waals surface area contributed by atoms with E-state index >= 15 is 0 Å². The molecular weight excluding hydrogens is 374 g/mol. The van der Waals surface area contributed by atoms with Crippen LogP contribution in [-0.4, -0.2) is 41.9 Å². The summed E-state index contributed by atoms with van der Waals surface area (Å²) in [6, 6.07) is 16.9. The summed E-state index contributed by atoms with van der Waals surface area (Å²) in [4.78, 5) is 26.8. The number of carbonyl (C=O) groups excluding carboxylic acids is 2. The minimum Gasteiger partial charge on any atom is -0.352 e. The predicted octanol–water partition coefficient (Wildman–Crippen LogP) is 2.71. The summed E-state index contributed by atoms with van der Waals surface area (Å²) in [6.45, 7) is 3.29. The third kappa shape index (κ3) is 5.81. The molecule has 150 valence electrons. The van der Waals surface area contributed by atoms with Crippen molar-refractivity contribution in [1.82, 2.24) is 10.2 Å². The fourth-order valence-corrected chi connectivity index (χ4v) is 3.37. The molecule has 2 aromatic rings. The van der Waals surface area contributed by atoms with Gasteiger partial charge >= 0.3 is 0 Å². The first kappa shape index (κ1) is 21.9. The van der Waals surface area contributed by atoms with Crippen molar-refractivity contribution in [2.45, 2.75) is 38.3 Å². The molecule has 1 heterocycles. The smallest absolute Gasteiger partial charge is 0.253 e. The molecule has 2 amide bonds. The molecule has 1 aliphatic rings. The normalized spacial score (nSPS) is 15.4. The van der Waals surface area contributed by atoms with Gasteiger partial charge in [0.15, 0.2) is 0 Å². The third-order valence-corrected chi connectivity index (χ3v) is 5.06. The zero-order valence-corrected chi connectivity index (χ0v) is 17.0. The fourth-order valence-electron chi connectivity index (χ4n) is 3.37. The number of halogens is 1. The number of hydrogen-bond acceptors (Lipinski definition) is 3. The number of rotatable bonds is 5. The van der Waals surface area contributed by atoms with Crippen LogP contribution in [0.25, 0.3) is 0 Å². The van der Waals surface area contributed by atoms with Crippen molar-refractivity contribution in [3.8, 4) is 0 Å². The van der Waals surface area contributed by atoms with E-state index < -0.39 is 6.04 Å². The summed E-state index contributed by atoms with van der Waals surface area (Å²) in [5.41, 5.74) is 8.96. The SMILES string of the molecule is Cc1ccc(C(=O)N2CCC(NC(=O)[C@@H](N)Cc3ccccc3)CC2)cc1.Cl. The van der Waals surface area contributed by atoms with Gasteiger partial charge in [-0.2, -0.15) is 0 Å². The molecule has 1 saturated heterocycles. The highest BCUT2D eigenvalue weighted by Crippen LogP contribution is 2.15. The van der Waals surface area contributed by atoms with Gasteiger partial charge in [-0.1, -0.05) is 48.0 Å². The largest absolute Gasteiger partial charge is 0.352 e. The van der Waals surface area contributed by atoms with Gasteiger partial charge in [-0.25, -0.2) is 0 Å². The molecule has 3 rings (SSSR count). The van der Waals surface area contributed by atoms with Gasteiger partial charge < -0.3 is 16.0 Å². The first-order valence-electron chi connectivity index (χ1n) is 9.49. The quantitative estimate of drug-likeness (QED) is 0.808. The number of nitrogens with one attached hydrogen (secondary N) is 1. The Balaban J connectivity index is 0.00000280. The lowest BCUT2D eigenvalue weighted by molar-refractivity contribution is -0.123. The van der Waals surface area contributed by atoms with E-state index in [1.807, 2.05) is 66.4 Å². The molecule has 0 aliphatic carbocycles. The van der Waals surface area contributed by atoms with Gasteiger partial charge in [-0.05, 0) is 43.9 Å². The predicted molar refractivity (Wildman–Crippen MR) is 114 cm³/mol. The molecule has 1 aliphatic heterocycles. The molecule has 0 saturated carbocycles. The Hall–Kier alpha value is -2.37. The summed E-state index contributed by atoms with van der Waals surface area (Å²) in [7, 11) is 0. The van der Waals surface area contributed by atoms with Crippen LogP contribution in [0.2, 0.25) is 0 Å². The highest BCUT2D eigenvalue weighted by atomic mass is 35.5. The van der Waals surface area contributed by atoms with Gasteiger partial charge in [-0.3, -0.25) is 9.59 Å². The maximum atomic E-state index is 12.6. The molecular formula is C22H28ClN3O2. The standard InChI is InChI=1S/C22H27N3O2.ClH/c1-16-7-9-18(10-8-16)22(27)25-13-11-19(12-14-25)24-21(26)20(23)15-17-5-3-2-4-6-17;/h2-10,19-20H,11-15,23H2,1H3,(H,24,26);1H/t20-;/m0./s1. The van der Waals surface area contributed by atoms with E-state index in [2.05, 4.69) is 5.32 Å². The van der Waals surface area contributed by atoms with Gasteiger partial charge in [0.1, 0.15) is 0 Å². The molecule has 6 heteroatoms. The lowest BCUT2D eigenvalue weighted by Crippen LogP contribution is -2.51. The highest BCUT2D eigenvalue weighted by molar-refractivity contribution is 5.94. The van der Waals surface area contributed by atoms with E-state index in [-0.39, 0.29) is 30.3 Å². The number of piperidine rings is 1. The minimum absolute atomic E-state index is 0. The first-order valence-corrected chi connectivity index (χ1v) is 9.49. The number of likely N-dealkylation sites (tertiary alicyclic amines) is 1. The van der Waals surface area contributed by atoms with Crippen molar-refractivity contribution in [2.24, 2.45) is 5.73 Å². The Kier molecular flexibility index (Phi) is 8.03. The average molecular weight is 402 g/mol. The Morgan fingerprint density at radius 1 is 1.07 bits per heavy atom. The molecule has 0 unspecified atom stereocenters. The van der Waals surface area contributed by atoms with Gasteiger partial charge in [0, 0.05) is 24.7 Å². The second-order valence-corrected chi connectivity index (χ2v) is 7.24. The molecule has 0 bridgehead atoms. The van der Waals surface area contributed by atoms with E-state index in [4.69, 9.17) is 5.73 Å². The van der Waals surface area contributed by atoms with Crippen molar-refractivity contribution >= 4 is 24.2 Å². The van der Waals surface area contributed by atoms with Crippen LogP contribution in [0.3, 0.4) is 0 Å². The topological polar surface area (TPSA) is 75.4 Å². The summed E-state index contributed by atoms with van der Waals surface area (Å²) >= 11 is 0. The summed E-state index contributed by atoms with van der Waals surface area (Å²) in [5, 5.41) is 3.04. The van der Waals surface area contributed by atoms with Crippen molar-refractivity contribution < 1.29 is 9.59 Å². The van der Waals surface area contributed by atoms with Crippen LogP contribution in [0.1, 0.15) is 34.3 Å². The zero-order chi connectivity index (χ0) is 19.2. The van der Waals surface area contributed by atoms with Crippen molar-refractivity contribution in [1.29, 1.82) is 0 Å². The Morgan fingerprint density at radius 3 is 2.29 bits per heavy atom. The molecule has 3 N–H and O–H groups in total. The van der Waals surface area contributed by atoms with Crippen LogP contribution in [0.4, 0.5) is 0 Å². The highest BCUT2D eigenvalue weighted by Gasteiger charge is 2.26. The summed E-state index contributed by atoms with van der Waals surface area (Å²) in [6.07, 6.45) is 2.03. The van der Waals surface area contributed by atoms with Gasteiger partial charge in [0.25, 0.3) is 5.91 Å².